The van der Waals surface area contributed by atoms with Crippen molar-refractivity contribution in [2.75, 3.05) is 6.54 Å². The second-order valence-electron chi connectivity index (χ2n) is 5.38. The van der Waals surface area contributed by atoms with Gasteiger partial charge in [-0.2, -0.15) is 5.10 Å². The summed E-state index contributed by atoms with van der Waals surface area (Å²) in [6, 6.07) is 0. The van der Waals surface area contributed by atoms with Crippen LogP contribution in [0, 0.1) is 11.8 Å². The summed E-state index contributed by atoms with van der Waals surface area (Å²) in [4.78, 5) is 22.8. The van der Waals surface area contributed by atoms with E-state index in [-0.39, 0.29) is 12.5 Å². The van der Waals surface area contributed by atoms with Gasteiger partial charge in [0.1, 0.15) is 0 Å². The first-order valence-corrected chi connectivity index (χ1v) is 6.92. The van der Waals surface area contributed by atoms with E-state index in [1.165, 1.54) is 0 Å². The minimum atomic E-state index is -0.920. The minimum absolute atomic E-state index is 0.118. The Morgan fingerprint density at radius 3 is 2.55 bits per heavy atom. The average Bonchev–Trinajstić information content (AvgIpc) is 2.77. The fourth-order valence-corrected chi connectivity index (χ4v) is 1.90. The molecular weight excluding hydrogens is 258 g/mol. The second-order valence-corrected chi connectivity index (χ2v) is 5.38. The average molecular weight is 281 g/mol. The lowest BCUT2D eigenvalue weighted by molar-refractivity contribution is -0.140. The summed E-state index contributed by atoms with van der Waals surface area (Å²) in [5, 5.41) is 15.7. The number of nitrogens with one attached hydrogen (secondary N) is 1. The van der Waals surface area contributed by atoms with Gasteiger partial charge < -0.3 is 10.4 Å². The van der Waals surface area contributed by atoms with Crippen LogP contribution in [0.4, 0.5) is 0 Å². The molecule has 1 amide bonds. The van der Waals surface area contributed by atoms with Gasteiger partial charge in [-0.15, -0.1) is 0 Å². The van der Waals surface area contributed by atoms with E-state index in [4.69, 9.17) is 5.11 Å². The predicted molar refractivity (Wildman–Crippen MR) is 75.6 cm³/mol. The highest BCUT2D eigenvalue weighted by Gasteiger charge is 2.18. The third-order valence-electron chi connectivity index (χ3n) is 3.06. The van der Waals surface area contributed by atoms with Crippen molar-refractivity contribution < 1.29 is 14.7 Å². The van der Waals surface area contributed by atoms with Crippen molar-refractivity contribution in [3.8, 4) is 0 Å². The predicted octanol–water partition coefficient (Wildman–Crippen LogP) is 1.55. The summed E-state index contributed by atoms with van der Waals surface area (Å²) in [5.41, 5.74) is 1.42. The Morgan fingerprint density at radius 2 is 2.05 bits per heavy atom. The lowest BCUT2D eigenvalue weighted by atomic mass is 10.1. The summed E-state index contributed by atoms with van der Waals surface area (Å²) < 4.78 is 1.85. The van der Waals surface area contributed by atoms with Gasteiger partial charge in [0, 0.05) is 13.1 Å². The molecule has 1 aromatic rings. The van der Waals surface area contributed by atoms with Crippen molar-refractivity contribution in [2.24, 2.45) is 11.8 Å². The van der Waals surface area contributed by atoms with E-state index in [1.807, 2.05) is 11.6 Å². The number of carbonyl (C=O) groups excluding carboxylic acids is 1. The highest BCUT2D eigenvalue weighted by atomic mass is 16.4. The molecule has 0 radical (unpaired) electrons. The Bertz CT molecular complexity index is 480. The first kappa shape index (κ1) is 16.2. The third kappa shape index (κ3) is 4.08. The van der Waals surface area contributed by atoms with Crippen molar-refractivity contribution in [3.05, 3.63) is 17.5 Å². The molecule has 112 valence electrons. The van der Waals surface area contributed by atoms with Crippen molar-refractivity contribution >= 4 is 11.9 Å². The van der Waals surface area contributed by atoms with Gasteiger partial charge in [0.05, 0.1) is 23.4 Å². The molecule has 0 aliphatic heterocycles. The van der Waals surface area contributed by atoms with Crippen molar-refractivity contribution in [3.63, 3.8) is 0 Å². The molecule has 1 unspecified atom stereocenters. The highest BCUT2D eigenvalue weighted by Crippen LogP contribution is 2.12. The Morgan fingerprint density at radius 1 is 1.40 bits per heavy atom. The molecule has 1 rings (SSSR count). The van der Waals surface area contributed by atoms with Crippen molar-refractivity contribution in [2.45, 2.75) is 40.7 Å². The number of carboxylic acids is 1. The monoisotopic (exact) mass is 281 g/mol. The molecule has 1 atom stereocenters. The molecule has 1 heterocycles. The van der Waals surface area contributed by atoms with Crippen LogP contribution in [-0.4, -0.2) is 33.3 Å². The summed E-state index contributed by atoms with van der Waals surface area (Å²) in [6.07, 6.45) is 2.27. The molecule has 0 aliphatic carbocycles. The molecule has 2 N–H and O–H groups in total. The smallest absolute Gasteiger partial charge is 0.308 e. The molecule has 6 nitrogen and oxygen atoms in total. The summed E-state index contributed by atoms with van der Waals surface area (Å²) in [6.45, 7) is 8.61. The topological polar surface area (TPSA) is 84.2 Å². The number of hydrogen-bond donors (Lipinski definition) is 2. The zero-order valence-electron chi connectivity index (χ0n) is 12.5. The maximum atomic E-state index is 12.1. The van der Waals surface area contributed by atoms with Crippen LogP contribution in [0.2, 0.25) is 0 Å². The first-order chi connectivity index (χ1) is 9.36. The van der Waals surface area contributed by atoms with Crippen LogP contribution < -0.4 is 5.32 Å². The highest BCUT2D eigenvalue weighted by molar-refractivity contribution is 5.95. The SMILES string of the molecule is CCc1c(C(=O)NCC(C)C(=O)O)cnn1CC(C)C. The molecule has 0 fully saturated rings. The largest absolute Gasteiger partial charge is 0.481 e. The van der Waals surface area contributed by atoms with Crippen LogP contribution >= 0.6 is 0 Å². The molecule has 0 aliphatic rings. The maximum absolute atomic E-state index is 12.1. The van der Waals surface area contributed by atoms with Gasteiger partial charge >= 0.3 is 5.97 Å². The summed E-state index contributed by atoms with van der Waals surface area (Å²) >= 11 is 0. The second kappa shape index (κ2) is 7.07. The van der Waals surface area contributed by atoms with Gasteiger partial charge in [0.2, 0.25) is 0 Å². The molecule has 1 aromatic heterocycles. The Kier molecular flexibility index (Phi) is 5.73. The quantitative estimate of drug-likeness (QED) is 0.794. The van der Waals surface area contributed by atoms with E-state index in [9.17, 15) is 9.59 Å². The molecule has 20 heavy (non-hydrogen) atoms. The van der Waals surface area contributed by atoms with Crippen molar-refractivity contribution in [1.82, 2.24) is 15.1 Å². The number of aliphatic carboxylic acids is 1. The molecule has 0 bridgehead atoms. The van der Waals surface area contributed by atoms with E-state index in [0.29, 0.717) is 17.9 Å². The molecule has 0 saturated carbocycles. The first-order valence-electron chi connectivity index (χ1n) is 6.92. The third-order valence-corrected chi connectivity index (χ3v) is 3.06. The normalized spacial score (nSPS) is 12.4. The fraction of sp³-hybridized carbons (Fsp3) is 0.643. The van der Waals surface area contributed by atoms with Gasteiger partial charge in [0.15, 0.2) is 0 Å². The number of amides is 1. The number of carbonyl (C=O) groups is 2. The van der Waals surface area contributed by atoms with Crippen LogP contribution in [0.5, 0.6) is 0 Å². The van der Waals surface area contributed by atoms with Gasteiger partial charge in [-0.25, -0.2) is 0 Å². The van der Waals surface area contributed by atoms with Crippen LogP contribution in [-0.2, 0) is 17.8 Å². The maximum Gasteiger partial charge on any atom is 0.308 e. The van der Waals surface area contributed by atoms with Crippen LogP contribution in [0.1, 0.15) is 43.7 Å². The van der Waals surface area contributed by atoms with E-state index < -0.39 is 11.9 Å². The molecule has 0 saturated heterocycles. The molecular formula is C14H23N3O3. The molecule has 6 heteroatoms. The van der Waals surface area contributed by atoms with Gasteiger partial charge in [-0.3, -0.25) is 14.3 Å². The van der Waals surface area contributed by atoms with Crippen molar-refractivity contribution in [1.29, 1.82) is 0 Å². The van der Waals surface area contributed by atoms with E-state index in [1.54, 1.807) is 13.1 Å². The zero-order chi connectivity index (χ0) is 15.3. The fourth-order valence-electron chi connectivity index (χ4n) is 1.90. The number of aromatic nitrogens is 2. The van der Waals surface area contributed by atoms with Crippen LogP contribution in [0.25, 0.3) is 0 Å². The van der Waals surface area contributed by atoms with Gasteiger partial charge in [0.25, 0.3) is 5.91 Å². The summed E-state index contributed by atoms with van der Waals surface area (Å²) in [5.74, 6) is -1.33. The minimum Gasteiger partial charge on any atom is -0.481 e. The van der Waals surface area contributed by atoms with E-state index >= 15 is 0 Å². The lowest BCUT2D eigenvalue weighted by Gasteiger charge is -2.11. The Labute approximate surface area is 119 Å². The number of carboxylic acid groups (broad SMARTS) is 1. The summed E-state index contributed by atoms with van der Waals surface area (Å²) in [7, 11) is 0. The van der Waals surface area contributed by atoms with Gasteiger partial charge in [-0.1, -0.05) is 27.7 Å². The lowest BCUT2D eigenvalue weighted by Crippen LogP contribution is -2.31. The van der Waals surface area contributed by atoms with E-state index in [2.05, 4.69) is 24.3 Å². The number of hydrogen-bond acceptors (Lipinski definition) is 3. The van der Waals surface area contributed by atoms with Gasteiger partial charge in [-0.05, 0) is 12.3 Å². The zero-order valence-corrected chi connectivity index (χ0v) is 12.5. The number of rotatable bonds is 7. The van der Waals surface area contributed by atoms with E-state index in [0.717, 1.165) is 12.2 Å². The van der Waals surface area contributed by atoms with Crippen LogP contribution in [0.15, 0.2) is 6.20 Å². The standard InChI is InChI=1S/C14H23N3O3/c1-5-12-11(7-16-17(12)8-9(2)3)13(18)15-6-10(4)14(19)20/h7,9-10H,5-6,8H2,1-4H3,(H,15,18)(H,19,20). The molecule has 0 aromatic carbocycles. The van der Waals surface area contributed by atoms with Crippen LogP contribution in [0.3, 0.4) is 0 Å². The number of nitrogens with zero attached hydrogens (tertiary/aromatic N) is 2. The molecule has 0 spiro atoms. The Hall–Kier alpha value is -1.85. The Balaban J connectivity index is 2.78.